The third-order valence-electron chi connectivity index (χ3n) is 3.48. The topological polar surface area (TPSA) is 29.1 Å². The molecule has 0 spiro atoms. The third-order valence-corrected chi connectivity index (χ3v) is 3.48. The van der Waals surface area contributed by atoms with Crippen LogP contribution >= 0.6 is 0 Å². The minimum absolute atomic E-state index is 0.0992. The second-order valence-electron chi connectivity index (χ2n) is 5.44. The van der Waals surface area contributed by atoms with E-state index in [0.29, 0.717) is 6.04 Å². The molecule has 0 aliphatic rings. The highest BCUT2D eigenvalue weighted by atomic mass is 16.1. The molecule has 0 amide bonds. The lowest BCUT2D eigenvalue weighted by Gasteiger charge is -2.15. The lowest BCUT2D eigenvalue weighted by Crippen LogP contribution is -2.28. The number of nitrogens with one attached hydrogen (secondary N) is 1. The molecule has 1 unspecified atom stereocenters. The maximum Gasteiger partial charge on any atom is 0.155 e. The lowest BCUT2D eigenvalue weighted by molar-refractivity contribution is -0.113. The highest BCUT2D eigenvalue weighted by molar-refractivity contribution is 5.93. The molecule has 0 saturated carbocycles. The van der Waals surface area contributed by atoms with Gasteiger partial charge in [-0.3, -0.25) is 4.79 Å². The van der Waals surface area contributed by atoms with Gasteiger partial charge in [-0.15, -0.1) is 0 Å². The van der Waals surface area contributed by atoms with Crippen LogP contribution in [0.1, 0.15) is 48.0 Å². The summed E-state index contributed by atoms with van der Waals surface area (Å²) in [6, 6.07) is 0.435. The maximum atomic E-state index is 11.3. The Labute approximate surface area is 124 Å². The predicted molar refractivity (Wildman–Crippen MR) is 88.8 cm³/mol. The first-order valence-electron chi connectivity index (χ1n) is 7.18. The van der Waals surface area contributed by atoms with Crippen LogP contribution in [-0.2, 0) is 4.79 Å². The standard InChI is InChI=1S/C18H29NO/c1-8-13(3)10-16(6)19-12-15(5)18(9-2)11-14(4)17(7)20/h8-9,11,16,19H,2,10,12H2,1,3-7H3/b13-8+,14-11+,18-15+. The second kappa shape index (κ2) is 9.49. The van der Waals surface area contributed by atoms with Gasteiger partial charge in [-0.05, 0) is 65.2 Å². The van der Waals surface area contributed by atoms with Gasteiger partial charge in [-0.25, -0.2) is 0 Å². The molecule has 1 N–H and O–H groups in total. The smallest absolute Gasteiger partial charge is 0.155 e. The normalized spacial score (nSPS) is 15.7. The van der Waals surface area contributed by atoms with Crippen LogP contribution in [0.4, 0.5) is 0 Å². The molecule has 0 heterocycles. The van der Waals surface area contributed by atoms with Crippen LogP contribution in [0.25, 0.3) is 0 Å². The maximum absolute atomic E-state index is 11.3. The third kappa shape index (κ3) is 7.25. The van der Waals surface area contributed by atoms with Crippen molar-refractivity contribution in [2.45, 2.75) is 54.0 Å². The average Bonchev–Trinajstić information content (AvgIpc) is 2.41. The molecule has 2 nitrogen and oxygen atoms in total. The average molecular weight is 275 g/mol. The predicted octanol–water partition coefficient (Wildman–Crippen LogP) is 4.36. The van der Waals surface area contributed by atoms with Gasteiger partial charge in [0.15, 0.2) is 5.78 Å². The van der Waals surface area contributed by atoms with Crippen molar-refractivity contribution in [3.63, 3.8) is 0 Å². The Morgan fingerprint density at radius 3 is 2.30 bits per heavy atom. The number of hydrogen-bond donors (Lipinski definition) is 1. The van der Waals surface area contributed by atoms with Gasteiger partial charge in [-0.2, -0.15) is 0 Å². The molecule has 0 aromatic carbocycles. The summed E-state index contributed by atoms with van der Waals surface area (Å²) in [5.74, 6) is 0.0992. The summed E-state index contributed by atoms with van der Waals surface area (Å²) in [5.41, 5.74) is 4.38. The van der Waals surface area contributed by atoms with Crippen LogP contribution in [0.5, 0.6) is 0 Å². The Balaban J connectivity index is 4.73. The van der Waals surface area contributed by atoms with Gasteiger partial charge in [0.25, 0.3) is 0 Å². The first-order chi connectivity index (χ1) is 9.31. The van der Waals surface area contributed by atoms with Crippen LogP contribution in [0, 0.1) is 0 Å². The SMILES string of the molecule is C=CC(/C=C(\C)C(C)=O)=C(/C)CNC(C)C/C(C)=C/C. The summed E-state index contributed by atoms with van der Waals surface area (Å²) in [7, 11) is 0. The van der Waals surface area contributed by atoms with Crippen molar-refractivity contribution in [2.24, 2.45) is 0 Å². The van der Waals surface area contributed by atoms with Crippen molar-refractivity contribution in [3.8, 4) is 0 Å². The van der Waals surface area contributed by atoms with Crippen molar-refractivity contribution in [1.29, 1.82) is 0 Å². The van der Waals surface area contributed by atoms with Gasteiger partial charge < -0.3 is 5.32 Å². The fraction of sp³-hybridized carbons (Fsp3) is 0.500. The first kappa shape index (κ1) is 18.6. The van der Waals surface area contributed by atoms with E-state index in [0.717, 1.165) is 24.1 Å². The van der Waals surface area contributed by atoms with E-state index in [2.05, 4.69) is 45.7 Å². The molecule has 20 heavy (non-hydrogen) atoms. The molecule has 2 heteroatoms. The molecule has 0 bridgehead atoms. The lowest BCUT2D eigenvalue weighted by atomic mass is 10.0. The number of rotatable bonds is 8. The van der Waals surface area contributed by atoms with Gasteiger partial charge in [0.1, 0.15) is 0 Å². The summed E-state index contributed by atoms with van der Waals surface area (Å²) < 4.78 is 0. The molecule has 0 radical (unpaired) electrons. The van der Waals surface area contributed by atoms with E-state index >= 15 is 0 Å². The zero-order valence-corrected chi connectivity index (χ0v) is 13.8. The second-order valence-corrected chi connectivity index (χ2v) is 5.44. The van der Waals surface area contributed by atoms with Crippen molar-refractivity contribution in [1.82, 2.24) is 5.32 Å². The summed E-state index contributed by atoms with van der Waals surface area (Å²) in [6.45, 7) is 16.5. The molecular formula is C18H29NO. The van der Waals surface area contributed by atoms with Crippen LogP contribution in [0.2, 0.25) is 0 Å². The van der Waals surface area contributed by atoms with Crippen LogP contribution in [-0.4, -0.2) is 18.4 Å². The van der Waals surface area contributed by atoms with E-state index in [9.17, 15) is 4.79 Å². The molecule has 0 aliphatic heterocycles. The van der Waals surface area contributed by atoms with Crippen LogP contribution < -0.4 is 5.32 Å². The number of carbonyl (C=O) groups is 1. The molecule has 0 aliphatic carbocycles. The Bertz CT molecular complexity index is 438. The highest BCUT2D eigenvalue weighted by Crippen LogP contribution is 2.11. The Kier molecular flexibility index (Phi) is 8.82. The Morgan fingerprint density at radius 2 is 1.85 bits per heavy atom. The molecule has 112 valence electrons. The van der Waals surface area contributed by atoms with Gasteiger partial charge >= 0.3 is 0 Å². The van der Waals surface area contributed by atoms with Gasteiger partial charge in [-0.1, -0.05) is 29.9 Å². The molecule has 0 rings (SSSR count). The molecular weight excluding hydrogens is 246 g/mol. The molecule has 0 aromatic heterocycles. The van der Waals surface area contributed by atoms with Crippen LogP contribution in [0.15, 0.2) is 47.1 Å². The summed E-state index contributed by atoms with van der Waals surface area (Å²) in [5, 5.41) is 3.50. The number of allylic oxidation sites excluding steroid dienone is 5. The summed E-state index contributed by atoms with van der Waals surface area (Å²) in [6.07, 6.45) is 6.92. The summed E-state index contributed by atoms with van der Waals surface area (Å²) >= 11 is 0. The summed E-state index contributed by atoms with van der Waals surface area (Å²) in [4.78, 5) is 11.3. The number of hydrogen-bond acceptors (Lipinski definition) is 2. The monoisotopic (exact) mass is 275 g/mol. The molecule has 0 aromatic rings. The van der Waals surface area contributed by atoms with E-state index in [1.54, 1.807) is 6.92 Å². The minimum Gasteiger partial charge on any atom is -0.310 e. The van der Waals surface area contributed by atoms with Gasteiger partial charge in [0.05, 0.1) is 0 Å². The molecule has 1 atom stereocenters. The zero-order valence-electron chi connectivity index (χ0n) is 13.8. The van der Waals surface area contributed by atoms with E-state index in [4.69, 9.17) is 0 Å². The fourth-order valence-electron chi connectivity index (χ4n) is 1.79. The number of Topliss-reactive ketones (excluding diaryl/α,β-unsaturated/α-hetero) is 1. The van der Waals surface area contributed by atoms with Crippen molar-refractivity contribution in [3.05, 3.63) is 47.1 Å². The Morgan fingerprint density at radius 1 is 1.25 bits per heavy atom. The Hall–Kier alpha value is -1.41. The van der Waals surface area contributed by atoms with Crippen molar-refractivity contribution >= 4 is 5.78 Å². The quantitative estimate of drug-likeness (QED) is 0.405. The molecule has 0 saturated heterocycles. The van der Waals surface area contributed by atoms with Crippen molar-refractivity contribution < 1.29 is 4.79 Å². The largest absolute Gasteiger partial charge is 0.310 e. The minimum atomic E-state index is 0.0992. The van der Waals surface area contributed by atoms with Crippen molar-refractivity contribution in [2.75, 3.05) is 6.54 Å². The zero-order chi connectivity index (χ0) is 15.7. The molecule has 0 fully saturated rings. The fourth-order valence-corrected chi connectivity index (χ4v) is 1.79. The number of ketones is 1. The first-order valence-corrected chi connectivity index (χ1v) is 7.18. The van der Waals surface area contributed by atoms with E-state index in [1.807, 2.05) is 19.1 Å². The van der Waals surface area contributed by atoms with Gasteiger partial charge in [0.2, 0.25) is 0 Å². The highest BCUT2D eigenvalue weighted by Gasteiger charge is 2.04. The van der Waals surface area contributed by atoms with Gasteiger partial charge in [0, 0.05) is 12.6 Å². The van der Waals surface area contributed by atoms with E-state index < -0.39 is 0 Å². The van der Waals surface area contributed by atoms with E-state index in [-0.39, 0.29) is 5.78 Å². The van der Waals surface area contributed by atoms with Crippen LogP contribution in [0.3, 0.4) is 0 Å². The van der Waals surface area contributed by atoms with E-state index in [1.165, 1.54) is 11.1 Å². The number of carbonyl (C=O) groups excluding carboxylic acids is 1.